The Morgan fingerprint density at radius 3 is 2.43 bits per heavy atom. The van der Waals surface area contributed by atoms with Crippen LogP contribution in [0.4, 0.5) is 8.78 Å². The Bertz CT molecular complexity index is 534. The summed E-state index contributed by atoms with van der Waals surface area (Å²) < 4.78 is 26.5. The Labute approximate surface area is 137 Å². The van der Waals surface area contributed by atoms with Gasteiger partial charge < -0.3 is 10.8 Å². The number of benzene rings is 1. The van der Waals surface area contributed by atoms with E-state index >= 15 is 0 Å². The molecular weight excluding hydrogens is 296 g/mol. The van der Waals surface area contributed by atoms with E-state index in [0.29, 0.717) is 0 Å². The van der Waals surface area contributed by atoms with Crippen LogP contribution in [0.25, 0.3) is 0 Å². The van der Waals surface area contributed by atoms with Gasteiger partial charge in [0.25, 0.3) is 0 Å². The summed E-state index contributed by atoms with van der Waals surface area (Å²) in [5, 5.41) is 8.11. The summed E-state index contributed by atoms with van der Waals surface area (Å²) in [6.45, 7) is 2.21. The lowest BCUT2D eigenvalue weighted by atomic mass is 9.77. The molecule has 1 aromatic carbocycles. The predicted octanol–water partition coefficient (Wildman–Crippen LogP) is 4.07. The standard InChI is InChI=1S/C14H17F2N.C5H10O/c15-12-6-9-3-4-14(17)11(5-8-1-2-8)10(9)7-13(12)16;1-2-3-4-5-6/h6-8,11,14H,1-5,17H2;3-4,6H,2,5H2,1H3/b;4-3+. The molecule has 0 heterocycles. The van der Waals surface area contributed by atoms with Crippen LogP contribution in [0.2, 0.25) is 0 Å². The smallest absolute Gasteiger partial charge is 0.159 e. The third kappa shape index (κ3) is 5.11. The number of fused-ring (bicyclic) bond motifs is 1. The Balaban J connectivity index is 0.000000277. The van der Waals surface area contributed by atoms with Gasteiger partial charge >= 0.3 is 0 Å². The molecule has 0 saturated heterocycles. The summed E-state index contributed by atoms with van der Waals surface area (Å²) in [6, 6.07) is 2.83. The van der Waals surface area contributed by atoms with E-state index in [0.717, 1.165) is 42.7 Å². The molecule has 0 radical (unpaired) electrons. The molecule has 4 heteroatoms. The van der Waals surface area contributed by atoms with Crippen LogP contribution in [0, 0.1) is 17.6 Å². The average Bonchev–Trinajstić information content (AvgIpc) is 3.35. The zero-order valence-corrected chi connectivity index (χ0v) is 13.8. The van der Waals surface area contributed by atoms with Gasteiger partial charge in [0.2, 0.25) is 0 Å². The highest BCUT2D eigenvalue weighted by atomic mass is 19.2. The Morgan fingerprint density at radius 2 is 1.87 bits per heavy atom. The van der Waals surface area contributed by atoms with Crippen LogP contribution in [-0.2, 0) is 6.42 Å². The van der Waals surface area contributed by atoms with Gasteiger partial charge in [-0.1, -0.05) is 31.9 Å². The fourth-order valence-electron chi connectivity index (χ4n) is 3.17. The summed E-state index contributed by atoms with van der Waals surface area (Å²) in [5.74, 6) is -0.491. The van der Waals surface area contributed by atoms with Crippen LogP contribution >= 0.6 is 0 Å². The zero-order valence-electron chi connectivity index (χ0n) is 13.8. The largest absolute Gasteiger partial charge is 0.392 e. The number of rotatable bonds is 4. The minimum absolute atomic E-state index is 0.105. The normalized spacial score (nSPS) is 23.3. The molecule has 0 aromatic heterocycles. The maximum absolute atomic E-state index is 13.3. The second-order valence-electron chi connectivity index (χ2n) is 6.52. The lowest BCUT2D eigenvalue weighted by Gasteiger charge is -2.31. The maximum atomic E-state index is 13.3. The molecule has 0 spiro atoms. The molecule has 2 atom stereocenters. The van der Waals surface area contributed by atoms with Gasteiger partial charge in [0.05, 0.1) is 6.61 Å². The van der Waals surface area contributed by atoms with Crippen molar-refractivity contribution in [2.45, 2.75) is 57.4 Å². The lowest BCUT2D eigenvalue weighted by Crippen LogP contribution is -2.33. The van der Waals surface area contributed by atoms with Crippen LogP contribution < -0.4 is 5.73 Å². The molecule has 1 aromatic rings. The van der Waals surface area contributed by atoms with E-state index in [1.807, 2.05) is 13.0 Å². The highest BCUT2D eigenvalue weighted by molar-refractivity contribution is 5.35. The van der Waals surface area contributed by atoms with Crippen LogP contribution in [0.5, 0.6) is 0 Å². The van der Waals surface area contributed by atoms with Crippen LogP contribution in [-0.4, -0.2) is 17.8 Å². The molecule has 1 saturated carbocycles. The molecule has 128 valence electrons. The summed E-state index contributed by atoms with van der Waals surface area (Å²) in [7, 11) is 0. The molecule has 2 aliphatic carbocycles. The monoisotopic (exact) mass is 323 g/mol. The fourth-order valence-corrected chi connectivity index (χ4v) is 3.17. The van der Waals surface area contributed by atoms with E-state index in [4.69, 9.17) is 10.8 Å². The molecule has 2 unspecified atom stereocenters. The van der Waals surface area contributed by atoms with Crippen molar-refractivity contribution in [3.05, 3.63) is 47.0 Å². The van der Waals surface area contributed by atoms with E-state index in [1.165, 1.54) is 25.0 Å². The topological polar surface area (TPSA) is 46.2 Å². The second-order valence-corrected chi connectivity index (χ2v) is 6.52. The summed E-state index contributed by atoms with van der Waals surface area (Å²) >= 11 is 0. The van der Waals surface area contributed by atoms with Crippen LogP contribution in [0.15, 0.2) is 24.3 Å². The summed E-state index contributed by atoms with van der Waals surface area (Å²) in [5.41, 5.74) is 8.05. The number of aliphatic hydroxyl groups is 1. The fraction of sp³-hybridized carbons (Fsp3) is 0.579. The van der Waals surface area contributed by atoms with Crippen molar-refractivity contribution in [1.82, 2.24) is 0 Å². The number of hydrogen-bond acceptors (Lipinski definition) is 2. The molecule has 0 aliphatic heterocycles. The zero-order chi connectivity index (χ0) is 16.8. The molecule has 0 amide bonds. The highest BCUT2D eigenvalue weighted by Gasteiger charge is 2.33. The van der Waals surface area contributed by atoms with Crippen molar-refractivity contribution in [3.63, 3.8) is 0 Å². The molecule has 23 heavy (non-hydrogen) atoms. The first-order valence-corrected chi connectivity index (χ1v) is 8.56. The number of halogens is 2. The minimum Gasteiger partial charge on any atom is -0.392 e. The van der Waals surface area contributed by atoms with Crippen molar-refractivity contribution in [3.8, 4) is 0 Å². The molecule has 3 N–H and O–H groups in total. The molecule has 0 bridgehead atoms. The molecule has 1 fully saturated rings. The van der Waals surface area contributed by atoms with Gasteiger partial charge in [0, 0.05) is 6.04 Å². The van der Waals surface area contributed by atoms with Crippen molar-refractivity contribution in [1.29, 1.82) is 0 Å². The Morgan fingerprint density at radius 1 is 1.17 bits per heavy atom. The first-order chi connectivity index (χ1) is 11.1. The lowest BCUT2D eigenvalue weighted by molar-refractivity contribution is 0.342. The van der Waals surface area contributed by atoms with Crippen molar-refractivity contribution >= 4 is 0 Å². The van der Waals surface area contributed by atoms with E-state index in [9.17, 15) is 8.78 Å². The number of hydrogen-bond donors (Lipinski definition) is 2. The number of aliphatic hydroxyl groups excluding tert-OH is 1. The van der Waals surface area contributed by atoms with E-state index < -0.39 is 11.6 Å². The minimum atomic E-state index is -0.737. The second kappa shape index (κ2) is 8.55. The van der Waals surface area contributed by atoms with Gasteiger partial charge in [-0.15, -0.1) is 0 Å². The van der Waals surface area contributed by atoms with E-state index in [1.54, 1.807) is 6.08 Å². The van der Waals surface area contributed by atoms with E-state index in [2.05, 4.69) is 0 Å². The van der Waals surface area contributed by atoms with Crippen molar-refractivity contribution in [2.75, 3.05) is 6.61 Å². The summed E-state index contributed by atoms with van der Waals surface area (Å²) in [6.07, 6.45) is 9.91. The molecular formula is C19H27F2NO. The number of allylic oxidation sites excluding steroid dienone is 1. The third-order valence-electron chi connectivity index (χ3n) is 4.64. The Kier molecular flexibility index (Phi) is 6.72. The van der Waals surface area contributed by atoms with Crippen molar-refractivity contribution in [2.24, 2.45) is 11.7 Å². The first-order valence-electron chi connectivity index (χ1n) is 8.56. The van der Waals surface area contributed by atoms with Crippen LogP contribution in [0.3, 0.4) is 0 Å². The van der Waals surface area contributed by atoms with Gasteiger partial charge in [-0.25, -0.2) is 8.78 Å². The predicted molar refractivity (Wildman–Crippen MR) is 89.3 cm³/mol. The van der Waals surface area contributed by atoms with Crippen LogP contribution in [0.1, 0.15) is 56.1 Å². The number of aryl methyl sites for hydroxylation is 1. The third-order valence-corrected chi connectivity index (χ3v) is 4.64. The quantitative estimate of drug-likeness (QED) is 0.821. The molecule has 2 aliphatic rings. The van der Waals surface area contributed by atoms with E-state index in [-0.39, 0.29) is 18.6 Å². The van der Waals surface area contributed by atoms with Gasteiger partial charge in [0.15, 0.2) is 11.6 Å². The highest BCUT2D eigenvalue weighted by Crippen LogP contribution is 2.43. The summed E-state index contributed by atoms with van der Waals surface area (Å²) in [4.78, 5) is 0. The maximum Gasteiger partial charge on any atom is 0.159 e. The Hall–Kier alpha value is -1.26. The SMILES string of the molecule is CC/C=C/CO.NC1CCc2cc(F)c(F)cc2C1CC1CC1. The number of nitrogens with two attached hydrogens (primary N) is 1. The van der Waals surface area contributed by atoms with Gasteiger partial charge in [0.1, 0.15) is 0 Å². The van der Waals surface area contributed by atoms with Gasteiger partial charge in [-0.3, -0.25) is 0 Å². The first kappa shape index (κ1) is 18.1. The van der Waals surface area contributed by atoms with Gasteiger partial charge in [-0.05, 0) is 60.8 Å². The van der Waals surface area contributed by atoms with Crippen molar-refractivity contribution < 1.29 is 13.9 Å². The molecule has 2 nitrogen and oxygen atoms in total. The molecule has 3 rings (SSSR count). The average molecular weight is 323 g/mol. The van der Waals surface area contributed by atoms with Gasteiger partial charge in [-0.2, -0.15) is 0 Å².